The number of morpholine rings is 1. The summed E-state index contributed by atoms with van der Waals surface area (Å²) >= 11 is 0. The van der Waals surface area contributed by atoms with Crippen LogP contribution in [0.3, 0.4) is 0 Å². The first kappa shape index (κ1) is 18.7. The van der Waals surface area contributed by atoms with Crippen LogP contribution in [0.15, 0.2) is 51.8 Å². The fraction of sp³-hybridized carbons (Fsp3) is 0.263. The van der Waals surface area contributed by atoms with Gasteiger partial charge in [0.1, 0.15) is 5.82 Å². The van der Waals surface area contributed by atoms with Crippen LogP contribution < -0.4 is 0 Å². The second kappa shape index (κ2) is 7.42. The molecular formula is C19H18FN3O4S. The van der Waals surface area contributed by atoms with Crippen LogP contribution >= 0.6 is 0 Å². The van der Waals surface area contributed by atoms with Crippen LogP contribution in [0.5, 0.6) is 0 Å². The van der Waals surface area contributed by atoms with E-state index in [9.17, 15) is 12.8 Å². The van der Waals surface area contributed by atoms with Crippen LogP contribution in [0.4, 0.5) is 4.39 Å². The summed E-state index contributed by atoms with van der Waals surface area (Å²) in [6.45, 7) is 3.23. The maximum absolute atomic E-state index is 13.1. The van der Waals surface area contributed by atoms with Gasteiger partial charge < -0.3 is 9.15 Å². The van der Waals surface area contributed by atoms with E-state index in [-0.39, 0.29) is 22.5 Å². The lowest BCUT2D eigenvalue weighted by Crippen LogP contribution is -2.40. The Labute approximate surface area is 161 Å². The van der Waals surface area contributed by atoms with Crippen molar-refractivity contribution >= 4 is 10.0 Å². The number of ether oxygens (including phenoxy) is 1. The number of rotatable bonds is 4. The van der Waals surface area contributed by atoms with Gasteiger partial charge in [0.15, 0.2) is 0 Å². The molecule has 1 aliphatic heterocycles. The average Bonchev–Trinajstić information content (AvgIpc) is 3.19. The zero-order chi connectivity index (χ0) is 19.7. The predicted molar refractivity (Wildman–Crippen MR) is 99.4 cm³/mol. The normalized spacial score (nSPS) is 15.6. The highest BCUT2D eigenvalue weighted by molar-refractivity contribution is 7.89. The maximum Gasteiger partial charge on any atom is 0.248 e. The van der Waals surface area contributed by atoms with E-state index in [1.54, 1.807) is 30.3 Å². The molecule has 2 aromatic carbocycles. The number of nitrogens with zero attached hydrogens (tertiary/aromatic N) is 3. The van der Waals surface area contributed by atoms with Crippen molar-refractivity contribution in [2.24, 2.45) is 0 Å². The Balaban J connectivity index is 1.69. The van der Waals surface area contributed by atoms with Gasteiger partial charge in [0.2, 0.25) is 21.8 Å². The van der Waals surface area contributed by atoms with E-state index in [0.717, 1.165) is 5.56 Å². The SMILES string of the molecule is Cc1ccc(S(=O)(=O)N2CCOCC2)cc1-c1nnc(-c2ccc(F)cc2)o1. The average molecular weight is 403 g/mol. The number of halogens is 1. The number of aryl methyl sites for hydroxylation is 1. The molecule has 0 aliphatic carbocycles. The van der Waals surface area contributed by atoms with Crippen LogP contribution in [-0.4, -0.2) is 49.2 Å². The second-order valence-electron chi connectivity index (χ2n) is 6.41. The molecule has 0 amide bonds. The fourth-order valence-corrected chi connectivity index (χ4v) is 4.40. The highest BCUT2D eigenvalue weighted by atomic mass is 32.2. The first-order chi connectivity index (χ1) is 13.4. The third-order valence-electron chi connectivity index (χ3n) is 4.56. The van der Waals surface area contributed by atoms with E-state index in [1.807, 2.05) is 6.92 Å². The van der Waals surface area contributed by atoms with Crippen molar-refractivity contribution in [3.8, 4) is 22.9 Å². The van der Waals surface area contributed by atoms with Crippen LogP contribution in [0.2, 0.25) is 0 Å². The Morgan fingerprint density at radius 2 is 1.68 bits per heavy atom. The predicted octanol–water partition coefficient (Wildman–Crippen LogP) is 2.87. The van der Waals surface area contributed by atoms with Gasteiger partial charge in [0.05, 0.1) is 18.1 Å². The van der Waals surface area contributed by atoms with Crippen molar-refractivity contribution in [2.45, 2.75) is 11.8 Å². The van der Waals surface area contributed by atoms with Crippen molar-refractivity contribution in [1.29, 1.82) is 0 Å². The number of hydrogen-bond donors (Lipinski definition) is 0. The van der Waals surface area contributed by atoms with Gasteiger partial charge >= 0.3 is 0 Å². The molecule has 0 atom stereocenters. The van der Waals surface area contributed by atoms with Gasteiger partial charge in [-0.05, 0) is 48.9 Å². The zero-order valence-electron chi connectivity index (χ0n) is 15.1. The quantitative estimate of drug-likeness (QED) is 0.666. The van der Waals surface area contributed by atoms with Crippen LogP contribution in [0, 0.1) is 12.7 Å². The maximum atomic E-state index is 13.1. The molecule has 9 heteroatoms. The van der Waals surface area contributed by atoms with E-state index in [1.165, 1.54) is 16.4 Å². The summed E-state index contributed by atoms with van der Waals surface area (Å²) in [5.74, 6) is 0.0760. The molecule has 4 rings (SSSR count). The van der Waals surface area contributed by atoms with Gasteiger partial charge in [0, 0.05) is 24.2 Å². The van der Waals surface area contributed by atoms with Crippen LogP contribution in [0.25, 0.3) is 22.9 Å². The second-order valence-corrected chi connectivity index (χ2v) is 8.35. The lowest BCUT2D eigenvalue weighted by molar-refractivity contribution is 0.0730. The fourth-order valence-electron chi connectivity index (χ4n) is 2.97. The summed E-state index contributed by atoms with van der Waals surface area (Å²) in [5.41, 5.74) is 1.92. The smallest absolute Gasteiger partial charge is 0.248 e. The number of aromatic nitrogens is 2. The first-order valence-electron chi connectivity index (χ1n) is 8.73. The molecule has 0 bridgehead atoms. The largest absolute Gasteiger partial charge is 0.416 e. The summed E-state index contributed by atoms with van der Waals surface area (Å²) in [4.78, 5) is 0.163. The Hall–Kier alpha value is -2.62. The van der Waals surface area contributed by atoms with Crippen molar-refractivity contribution in [2.75, 3.05) is 26.3 Å². The molecule has 0 N–H and O–H groups in total. The Kier molecular flexibility index (Phi) is 4.96. The van der Waals surface area contributed by atoms with Gasteiger partial charge in [0.25, 0.3) is 0 Å². The third-order valence-corrected chi connectivity index (χ3v) is 6.46. The molecule has 1 aromatic heterocycles. The summed E-state index contributed by atoms with van der Waals surface area (Å²) in [7, 11) is -3.64. The highest BCUT2D eigenvalue weighted by Crippen LogP contribution is 2.29. The molecule has 146 valence electrons. The lowest BCUT2D eigenvalue weighted by Gasteiger charge is -2.26. The lowest BCUT2D eigenvalue weighted by atomic mass is 10.1. The van der Waals surface area contributed by atoms with E-state index in [4.69, 9.17) is 9.15 Å². The zero-order valence-corrected chi connectivity index (χ0v) is 15.9. The minimum Gasteiger partial charge on any atom is -0.416 e. The van der Waals surface area contributed by atoms with E-state index >= 15 is 0 Å². The van der Waals surface area contributed by atoms with Gasteiger partial charge in [-0.3, -0.25) is 0 Å². The van der Waals surface area contributed by atoms with Gasteiger partial charge in [-0.2, -0.15) is 4.31 Å². The van der Waals surface area contributed by atoms with E-state index < -0.39 is 10.0 Å². The molecule has 7 nitrogen and oxygen atoms in total. The summed E-state index contributed by atoms with van der Waals surface area (Å²) in [6.07, 6.45) is 0. The van der Waals surface area contributed by atoms with Crippen molar-refractivity contribution < 1.29 is 22.0 Å². The van der Waals surface area contributed by atoms with Crippen molar-refractivity contribution in [3.63, 3.8) is 0 Å². The van der Waals surface area contributed by atoms with Crippen LogP contribution in [0.1, 0.15) is 5.56 Å². The Morgan fingerprint density at radius 1 is 1.00 bits per heavy atom. The molecule has 1 aliphatic rings. The first-order valence-corrected chi connectivity index (χ1v) is 10.2. The molecule has 1 fully saturated rings. The van der Waals surface area contributed by atoms with Gasteiger partial charge in [-0.25, -0.2) is 12.8 Å². The summed E-state index contributed by atoms with van der Waals surface area (Å²) in [5, 5.41) is 8.04. The van der Waals surface area contributed by atoms with Crippen molar-refractivity contribution in [1.82, 2.24) is 14.5 Å². The molecule has 1 saturated heterocycles. The standard InChI is InChI=1S/C19H18FN3O4S/c1-13-2-7-16(28(24,25)23-8-10-26-11-9-23)12-17(13)19-22-21-18(27-19)14-3-5-15(20)6-4-14/h2-7,12H,8-11H2,1H3. The topological polar surface area (TPSA) is 85.5 Å². The summed E-state index contributed by atoms with van der Waals surface area (Å²) in [6, 6.07) is 10.5. The number of hydrogen-bond acceptors (Lipinski definition) is 6. The number of benzene rings is 2. The van der Waals surface area contributed by atoms with Crippen molar-refractivity contribution in [3.05, 3.63) is 53.8 Å². The van der Waals surface area contributed by atoms with E-state index in [2.05, 4.69) is 10.2 Å². The molecule has 28 heavy (non-hydrogen) atoms. The molecule has 3 aromatic rings. The van der Waals surface area contributed by atoms with Gasteiger partial charge in [-0.15, -0.1) is 10.2 Å². The number of sulfonamides is 1. The summed E-state index contributed by atoms with van der Waals surface area (Å²) < 4.78 is 51.3. The van der Waals surface area contributed by atoms with Gasteiger partial charge in [-0.1, -0.05) is 6.07 Å². The highest BCUT2D eigenvalue weighted by Gasteiger charge is 2.27. The Morgan fingerprint density at radius 3 is 2.39 bits per heavy atom. The minimum atomic E-state index is -3.64. The Bertz CT molecular complexity index is 1090. The molecular weight excluding hydrogens is 385 g/mol. The molecule has 0 radical (unpaired) electrons. The molecule has 0 saturated carbocycles. The van der Waals surface area contributed by atoms with E-state index in [0.29, 0.717) is 37.4 Å². The monoisotopic (exact) mass is 403 g/mol. The molecule has 2 heterocycles. The molecule has 0 unspecified atom stereocenters. The minimum absolute atomic E-state index is 0.163. The molecule has 0 spiro atoms. The third kappa shape index (κ3) is 3.56. The van der Waals surface area contributed by atoms with Crippen LogP contribution in [-0.2, 0) is 14.8 Å².